The number of alkyl halides is 1. The molecular formula is C15H19BrN2OS. The van der Waals surface area contributed by atoms with E-state index in [9.17, 15) is 4.79 Å². The summed E-state index contributed by atoms with van der Waals surface area (Å²) in [6, 6.07) is 0. The summed E-state index contributed by atoms with van der Waals surface area (Å²) < 4.78 is 0.332. The van der Waals surface area contributed by atoms with Crippen molar-refractivity contribution in [2.45, 2.75) is 49.3 Å². The van der Waals surface area contributed by atoms with E-state index in [-0.39, 0.29) is 11.3 Å². The first-order valence-electron chi connectivity index (χ1n) is 7.43. The summed E-state index contributed by atoms with van der Waals surface area (Å²) in [7, 11) is 0. The standard InChI is InChI=1S/C15H19BrN2OS/c16-15-6-10-3-11(7-15)5-14(4-10,9-15)8-12(19)18-13-17-1-2-20-13/h1-2,10-11H,3-9H2,(H,17,18,19)/t10-,11-,14?,15?/m1/s1. The highest BCUT2D eigenvalue weighted by Crippen LogP contribution is 2.65. The van der Waals surface area contributed by atoms with E-state index >= 15 is 0 Å². The number of thiazole rings is 1. The predicted molar refractivity (Wildman–Crippen MR) is 84.1 cm³/mol. The zero-order valence-corrected chi connectivity index (χ0v) is 13.8. The molecule has 0 spiro atoms. The first-order chi connectivity index (χ1) is 9.54. The minimum Gasteiger partial charge on any atom is -0.302 e. The quantitative estimate of drug-likeness (QED) is 0.826. The lowest BCUT2D eigenvalue weighted by molar-refractivity contribution is -0.123. The van der Waals surface area contributed by atoms with Gasteiger partial charge in [-0.25, -0.2) is 4.98 Å². The Bertz CT molecular complexity index is 516. The van der Waals surface area contributed by atoms with Crippen molar-refractivity contribution < 1.29 is 4.79 Å². The molecule has 2 atom stereocenters. The van der Waals surface area contributed by atoms with Crippen LogP contribution in [-0.4, -0.2) is 15.2 Å². The SMILES string of the molecule is O=C(CC12C[C@H]3C[C@@H](CC(Br)(C3)C1)C2)Nc1nccs1. The van der Waals surface area contributed by atoms with E-state index in [0.29, 0.717) is 10.7 Å². The average Bonchev–Trinajstić information content (AvgIpc) is 2.76. The molecule has 0 aliphatic heterocycles. The Balaban J connectivity index is 1.49. The number of carbonyl (C=O) groups is 1. The molecule has 20 heavy (non-hydrogen) atoms. The van der Waals surface area contributed by atoms with Gasteiger partial charge in [-0.05, 0) is 55.8 Å². The van der Waals surface area contributed by atoms with E-state index in [1.165, 1.54) is 49.9 Å². The normalized spacial score (nSPS) is 41.9. The summed E-state index contributed by atoms with van der Waals surface area (Å²) in [5.74, 6) is 1.82. The lowest BCUT2D eigenvalue weighted by atomic mass is 9.48. The first-order valence-corrected chi connectivity index (χ1v) is 9.10. The Morgan fingerprint density at radius 3 is 2.75 bits per heavy atom. The van der Waals surface area contributed by atoms with Crippen LogP contribution < -0.4 is 5.32 Å². The summed E-state index contributed by atoms with van der Waals surface area (Å²) in [5, 5.41) is 5.59. The Morgan fingerprint density at radius 1 is 1.40 bits per heavy atom. The van der Waals surface area contributed by atoms with E-state index < -0.39 is 0 Å². The van der Waals surface area contributed by atoms with Crippen LogP contribution in [0.3, 0.4) is 0 Å². The second-order valence-corrected chi connectivity index (χ2v) is 9.75. The molecule has 4 aliphatic rings. The van der Waals surface area contributed by atoms with Crippen molar-refractivity contribution in [3.05, 3.63) is 11.6 Å². The molecule has 4 bridgehead atoms. The van der Waals surface area contributed by atoms with Crippen molar-refractivity contribution in [2.75, 3.05) is 5.32 Å². The van der Waals surface area contributed by atoms with Crippen molar-refractivity contribution in [1.82, 2.24) is 4.98 Å². The van der Waals surface area contributed by atoms with Crippen LogP contribution in [0.4, 0.5) is 5.13 Å². The van der Waals surface area contributed by atoms with Crippen molar-refractivity contribution in [2.24, 2.45) is 17.3 Å². The summed E-state index contributed by atoms with van der Waals surface area (Å²) in [4.78, 5) is 16.5. The van der Waals surface area contributed by atoms with Gasteiger partial charge in [-0.3, -0.25) is 4.79 Å². The van der Waals surface area contributed by atoms with Gasteiger partial charge in [0.2, 0.25) is 5.91 Å². The van der Waals surface area contributed by atoms with Gasteiger partial charge in [-0.1, -0.05) is 15.9 Å². The van der Waals surface area contributed by atoms with Gasteiger partial charge in [-0.15, -0.1) is 11.3 Å². The number of rotatable bonds is 3. The van der Waals surface area contributed by atoms with Crippen molar-refractivity contribution in [3.63, 3.8) is 0 Å². The second-order valence-electron chi connectivity index (χ2n) is 7.17. The third-order valence-electron chi connectivity index (χ3n) is 5.33. The summed E-state index contributed by atoms with van der Waals surface area (Å²) >= 11 is 5.49. The molecule has 4 aliphatic carbocycles. The van der Waals surface area contributed by atoms with Gasteiger partial charge in [0.25, 0.3) is 0 Å². The highest BCUT2D eigenvalue weighted by Gasteiger charge is 2.57. The number of carbonyl (C=O) groups excluding carboxylic acids is 1. The molecule has 1 amide bonds. The largest absolute Gasteiger partial charge is 0.302 e. The van der Waals surface area contributed by atoms with Crippen LogP contribution in [-0.2, 0) is 4.79 Å². The Labute approximate surface area is 131 Å². The van der Waals surface area contributed by atoms with Gasteiger partial charge in [-0.2, -0.15) is 0 Å². The fourth-order valence-corrected chi connectivity index (χ4v) is 7.39. The van der Waals surface area contributed by atoms with E-state index in [2.05, 4.69) is 26.2 Å². The van der Waals surface area contributed by atoms with Crippen LogP contribution in [0.5, 0.6) is 0 Å². The average molecular weight is 355 g/mol. The highest BCUT2D eigenvalue weighted by molar-refractivity contribution is 9.10. The molecular weight excluding hydrogens is 336 g/mol. The minimum atomic E-state index is 0.151. The van der Waals surface area contributed by atoms with Gasteiger partial charge < -0.3 is 5.32 Å². The Kier molecular flexibility index (Phi) is 3.01. The lowest BCUT2D eigenvalue weighted by Crippen LogP contribution is -2.53. The maximum absolute atomic E-state index is 12.3. The number of nitrogens with one attached hydrogen (secondary N) is 1. The number of halogens is 1. The monoisotopic (exact) mass is 354 g/mol. The van der Waals surface area contributed by atoms with Gasteiger partial charge in [0.15, 0.2) is 5.13 Å². The van der Waals surface area contributed by atoms with E-state index in [1.807, 2.05) is 5.38 Å². The lowest BCUT2D eigenvalue weighted by Gasteiger charge is -2.60. The van der Waals surface area contributed by atoms with Crippen LogP contribution in [0, 0.1) is 17.3 Å². The smallest absolute Gasteiger partial charge is 0.226 e. The van der Waals surface area contributed by atoms with Crippen LogP contribution >= 0.6 is 27.3 Å². The molecule has 1 aromatic heterocycles. The topological polar surface area (TPSA) is 42.0 Å². The Hall–Kier alpha value is -0.420. The molecule has 5 rings (SSSR count). The number of anilines is 1. The third-order valence-corrected chi connectivity index (χ3v) is 6.94. The molecule has 108 valence electrons. The molecule has 0 aromatic carbocycles. The van der Waals surface area contributed by atoms with Gasteiger partial charge in [0, 0.05) is 22.3 Å². The van der Waals surface area contributed by atoms with Crippen LogP contribution in [0.15, 0.2) is 11.6 Å². The first kappa shape index (κ1) is 13.3. The maximum atomic E-state index is 12.3. The maximum Gasteiger partial charge on any atom is 0.226 e. The second kappa shape index (κ2) is 4.54. The zero-order valence-electron chi connectivity index (χ0n) is 11.4. The van der Waals surface area contributed by atoms with Gasteiger partial charge in [0.1, 0.15) is 0 Å². The number of amides is 1. The van der Waals surface area contributed by atoms with Crippen molar-refractivity contribution in [1.29, 1.82) is 0 Å². The number of aromatic nitrogens is 1. The zero-order chi connectivity index (χ0) is 13.8. The summed E-state index contributed by atoms with van der Waals surface area (Å²) in [5.41, 5.74) is 0.245. The van der Waals surface area contributed by atoms with Gasteiger partial charge in [0.05, 0.1) is 0 Å². The fraction of sp³-hybridized carbons (Fsp3) is 0.733. The number of hydrogen-bond donors (Lipinski definition) is 1. The molecule has 1 heterocycles. The fourth-order valence-electron chi connectivity index (χ4n) is 5.33. The molecule has 0 unspecified atom stereocenters. The van der Waals surface area contributed by atoms with Crippen molar-refractivity contribution >= 4 is 38.3 Å². The Morgan fingerprint density at radius 2 is 2.15 bits per heavy atom. The van der Waals surface area contributed by atoms with E-state index in [4.69, 9.17) is 0 Å². The summed E-state index contributed by atoms with van der Waals surface area (Å²) in [6.07, 6.45) is 10.1. The minimum absolute atomic E-state index is 0.151. The van der Waals surface area contributed by atoms with E-state index in [0.717, 1.165) is 17.0 Å². The number of nitrogens with zero attached hydrogens (tertiary/aromatic N) is 1. The molecule has 0 radical (unpaired) electrons. The van der Waals surface area contributed by atoms with Crippen LogP contribution in [0.25, 0.3) is 0 Å². The summed E-state index contributed by atoms with van der Waals surface area (Å²) in [6.45, 7) is 0. The number of hydrogen-bond acceptors (Lipinski definition) is 3. The van der Waals surface area contributed by atoms with Crippen LogP contribution in [0.1, 0.15) is 44.9 Å². The molecule has 4 saturated carbocycles. The predicted octanol–water partition coefficient (Wildman–Crippen LogP) is 4.21. The van der Waals surface area contributed by atoms with E-state index in [1.54, 1.807) is 6.20 Å². The highest BCUT2D eigenvalue weighted by atomic mass is 79.9. The molecule has 1 N–H and O–H groups in total. The molecule has 0 saturated heterocycles. The van der Waals surface area contributed by atoms with Crippen molar-refractivity contribution in [3.8, 4) is 0 Å². The molecule has 5 heteroatoms. The molecule has 4 fully saturated rings. The molecule has 1 aromatic rings. The van der Waals surface area contributed by atoms with Crippen LogP contribution in [0.2, 0.25) is 0 Å². The molecule has 3 nitrogen and oxygen atoms in total. The third kappa shape index (κ3) is 2.33. The van der Waals surface area contributed by atoms with Gasteiger partial charge >= 0.3 is 0 Å².